The second kappa shape index (κ2) is 5.10. The van der Waals surface area contributed by atoms with Gasteiger partial charge in [0, 0.05) is 31.7 Å². The summed E-state index contributed by atoms with van der Waals surface area (Å²) in [7, 11) is 0. The molecule has 2 unspecified atom stereocenters. The highest BCUT2D eigenvalue weighted by Gasteiger charge is 2.40. The molecule has 3 aliphatic rings. The Bertz CT molecular complexity index is 285. The van der Waals surface area contributed by atoms with E-state index in [1.807, 2.05) is 0 Å². The average molecular weight is 251 g/mol. The number of hydrogen-bond acceptors (Lipinski definition) is 3. The quantitative estimate of drug-likeness (QED) is 0.828. The van der Waals surface area contributed by atoms with E-state index < -0.39 is 0 Å². The molecule has 0 aromatic heterocycles. The summed E-state index contributed by atoms with van der Waals surface area (Å²) in [5, 5.41) is 0. The Balaban J connectivity index is 1.64. The molecule has 0 bridgehead atoms. The third-order valence-corrected chi connectivity index (χ3v) is 5.70. The molecule has 104 valence electrons. The first-order chi connectivity index (χ1) is 8.72. The molecule has 3 fully saturated rings. The fourth-order valence-electron chi connectivity index (χ4n) is 4.45. The molecule has 1 aliphatic carbocycles. The normalized spacial score (nSPS) is 37.0. The zero-order valence-electron chi connectivity index (χ0n) is 11.9. The largest absolute Gasteiger partial charge is 0.330 e. The van der Waals surface area contributed by atoms with Gasteiger partial charge in [-0.2, -0.15) is 0 Å². The Morgan fingerprint density at radius 1 is 1.17 bits per heavy atom. The predicted octanol–water partition coefficient (Wildman–Crippen LogP) is 1.67. The Labute approximate surface area is 112 Å². The molecule has 3 heteroatoms. The smallest absolute Gasteiger partial charge is 0.0224 e. The van der Waals surface area contributed by atoms with Crippen LogP contribution in [0.3, 0.4) is 0 Å². The van der Waals surface area contributed by atoms with Gasteiger partial charge in [-0.1, -0.05) is 12.8 Å². The molecule has 1 saturated carbocycles. The fourth-order valence-corrected chi connectivity index (χ4v) is 4.45. The highest BCUT2D eigenvalue weighted by Crippen LogP contribution is 2.39. The van der Waals surface area contributed by atoms with Gasteiger partial charge in [0.25, 0.3) is 0 Å². The van der Waals surface area contributed by atoms with Gasteiger partial charge in [0.2, 0.25) is 0 Å². The van der Waals surface area contributed by atoms with Crippen molar-refractivity contribution in [1.82, 2.24) is 9.80 Å². The van der Waals surface area contributed by atoms with Crippen LogP contribution >= 0.6 is 0 Å². The van der Waals surface area contributed by atoms with Gasteiger partial charge in [0.05, 0.1) is 0 Å². The first-order valence-corrected chi connectivity index (χ1v) is 7.91. The minimum Gasteiger partial charge on any atom is -0.330 e. The van der Waals surface area contributed by atoms with Gasteiger partial charge in [-0.15, -0.1) is 0 Å². The van der Waals surface area contributed by atoms with Crippen LogP contribution in [0.2, 0.25) is 0 Å². The molecule has 3 nitrogen and oxygen atoms in total. The Morgan fingerprint density at radius 2 is 1.94 bits per heavy atom. The van der Waals surface area contributed by atoms with E-state index in [2.05, 4.69) is 16.7 Å². The maximum atomic E-state index is 6.10. The summed E-state index contributed by atoms with van der Waals surface area (Å²) in [6.07, 6.45) is 8.35. The van der Waals surface area contributed by atoms with Crippen LogP contribution in [0.15, 0.2) is 0 Å². The van der Waals surface area contributed by atoms with Crippen LogP contribution in [0, 0.1) is 5.41 Å². The number of hydrogen-bond donors (Lipinski definition) is 1. The van der Waals surface area contributed by atoms with Crippen molar-refractivity contribution < 1.29 is 0 Å². The summed E-state index contributed by atoms with van der Waals surface area (Å²) in [4.78, 5) is 5.47. The van der Waals surface area contributed by atoms with Crippen molar-refractivity contribution in [1.29, 1.82) is 0 Å². The van der Waals surface area contributed by atoms with Gasteiger partial charge < -0.3 is 5.73 Å². The van der Waals surface area contributed by atoms with Crippen LogP contribution in [-0.2, 0) is 0 Å². The second-order valence-corrected chi connectivity index (χ2v) is 6.98. The van der Waals surface area contributed by atoms with Crippen LogP contribution in [-0.4, -0.2) is 54.6 Å². The van der Waals surface area contributed by atoms with Crippen LogP contribution in [0.1, 0.15) is 45.4 Å². The summed E-state index contributed by atoms with van der Waals surface area (Å²) < 4.78 is 0. The summed E-state index contributed by atoms with van der Waals surface area (Å²) in [6, 6.07) is 1.57. The third kappa shape index (κ3) is 2.33. The number of rotatable bonds is 3. The Kier molecular flexibility index (Phi) is 3.65. The summed E-state index contributed by atoms with van der Waals surface area (Å²) in [5.41, 5.74) is 6.55. The van der Waals surface area contributed by atoms with Crippen molar-refractivity contribution in [2.45, 2.75) is 57.5 Å². The van der Waals surface area contributed by atoms with Crippen LogP contribution in [0.25, 0.3) is 0 Å². The summed E-state index contributed by atoms with van der Waals surface area (Å²) >= 11 is 0. The van der Waals surface area contributed by atoms with Crippen LogP contribution in [0.5, 0.6) is 0 Å². The lowest BCUT2D eigenvalue weighted by atomic mass is 9.85. The van der Waals surface area contributed by atoms with Gasteiger partial charge in [-0.25, -0.2) is 0 Å². The molecule has 18 heavy (non-hydrogen) atoms. The predicted molar refractivity (Wildman–Crippen MR) is 75.6 cm³/mol. The van der Waals surface area contributed by atoms with Crippen molar-refractivity contribution in [2.75, 3.05) is 32.7 Å². The van der Waals surface area contributed by atoms with E-state index in [1.54, 1.807) is 0 Å². The lowest BCUT2D eigenvalue weighted by molar-refractivity contribution is 0.0286. The maximum Gasteiger partial charge on any atom is 0.0224 e. The minimum atomic E-state index is 0.453. The third-order valence-electron chi connectivity index (χ3n) is 5.70. The minimum absolute atomic E-state index is 0.453. The van der Waals surface area contributed by atoms with E-state index in [4.69, 9.17) is 5.73 Å². The monoisotopic (exact) mass is 251 g/mol. The molecular weight excluding hydrogens is 222 g/mol. The highest BCUT2D eigenvalue weighted by molar-refractivity contribution is 4.95. The van der Waals surface area contributed by atoms with Crippen LogP contribution in [0.4, 0.5) is 0 Å². The summed E-state index contributed by atoms with van der Waals surface area (Å²) in [6.45, 7) is 8.48. The van der Waals surface area contributed by atoms with Gasteiger partial charge in [-0.3, -0.25) is 9.80 Å². The summed E-state index contributed by atoms with van der Waals surface area (Å²) in [5.74, 6) is 0. The molecule has 2 saturated heterocycles. The average Bonchev–Trinajstić information content (AvgIpc) is 2.99. The molecule has 0 radical (unpaired) electrons. The number of piperazine rings is 1. The van der Waals surface area contributed by atoms with Crippen molar-refractivity contribution in [3.05, 3.63) is 0 Å². The SMILES string of the molecule is CC1CN2CCCC2CN1CC1(CN)CCCC1. The fraction of sp³-hybridized carbons (Fsp3) is 1.00. The molecule has 0 spiro atoms. The lowest BCUT2D eigenvalue weighted by Gasteiger charge is -2.46. The first kappa shape index (κ1) is 12.9. The zero-order valence-corrected chi connectivity index (χ0v) is 11.9. The van der Waals surface area contributed by atoms with Crippen molar-refractivity contribution in [2.24, 2.45) is 11.1 Å². The van der Waals surface area contributed by atoms with E-state index in [0.29, 0.717) is 5.41 Å². The number of nitrogens with zero attached hydrogens (tertiary/aromatic N) is 2. The molecule has 0 amide bonds. The molecule has 3 rings (SSSR count). The van der Waals surface area contributed by atoms with Gasteiger partial charge in [-0.05, 0) is 51.1 Å². The van der Waals surface area contributed by atoms with Crippen molar-refractivity contribution in [3.8, 4) is 0 Å². The molecule has 2 atom stereocenters. The zero-order chi connectivity index (χ0) is 12.6. The molecule has 0 aromatic carbocycles. The van der Waals surface area contributed by atoms with E-state index in [9.17, 15) is 0 Å². The van der Waals surface area contributed by atoms with E-state index >= 15 is 0 Å². The Hall–Kier alpha value is -0.120. The maximum absolute atomic E-state index is 6.10. The van der Waals surface area contributed by atoms with Crippen LogP contribution < -0.4 is 5.73 Å². The molecule has 2 heterocycles. The van der Waals surface area contributed by atoms with Crippen molar-refractivity contribution >= 4 is 0 Å². The number of fused-ring (bicyclic) bond motifs is 1. The van der Waals surface area contributed by atoms with Gasteiger partial charge in [0.15, 0.2) is 0 Å². The molecule has 0 aromatic rings. The second-order valence-electron chi connectivity index (χ2n) is 6.98. The Morgan fingerprint density at radius 3 is 2.67 bits per heavy atom. The molecule has 2 aliphatic heterocycles. The topological polar surface area (TPSA) is 32.5 Å². The molecule has 2 N–H and O–H groups in total. The van der Waals surface area contributed by atoms with Gasteiger partial charge >= 0.3 is 0 Å². The standard InChI is InChI=1S/C15H29N3/c1-13-9-17-8-4-5-14(17)10-18(13)12-15(11-16)6-2-3-7-15/h13-14H,2-12,16H2,1H3. The van der Waals surface area contributed by atoms with Crippen molar-refractivity contribution in [3.63, 3.8) is 0 Å². The van der Waals surface area contributed by atoms with E-state index in [-0.39, 0.29) is 0 Å². The van der Waals surface area contributed by atoms with Gasteiger partial charge in [0.1, 0.15) is 0 Å². The first-order valence-electron chi connectivity index (χ1n) is 7.91. The highest BCUT2D eigenvalue weighted by atomic mass is 15.3. The lowest BCUT2D eigenvalue weighted by Crippen LogP contribution is -2.57. The van der Waals surface area contributed by atoms with E-state index in [1.165, 1.54) is 64.7 Å². The molecular formula is C15H29N3. The van der Waals surface area contributed by atoms with E-state index in [0.717, 1.165) is 18.6 Å². The number of nitrogens with two attached hydrogens (primary N) is 1.